The third kappa shape index (κ3) is 5.78. The molecule has 6 heteroatoms. The number of nitrogens with one attached hydrogen (secondary N) is 1. The number of hydrogen-bond acceptors (Lipinski definition) is 5. The Morgan fingerprint density at radius 3 is 2.24 bits per heavy atom. The number of likely N-dealkylation sites (tertiary alicyclic amines) is 1. The van der Waals surface area contributed by atoms with E-state index in [4.69, 9.17) is 9.98 Å². The fourth-order valence-corrected chi connectivity index (χ4v) is 5.39. The number of benzene rings is 2. The molecule has 2 aliphatic heterocycles. The normalized spacial score (nSPS) is 18.1. The number of nitrogens with zero attached hydrogens (tertiary/aromatic N) is 3. The number of rotatable bonds is 4. The van der Waals surface area contributed by atoms with Gasteiger partial charge < -0.3 is 10.2 Å². The third-order valence-corrected chi connectivity index (χ3v) is 7.45. The minimum Gasteiger partial charge on any atom is -0.325 e. The molecule has 0 unspecified atom stereocenters. The van der Waals surface area contributed by atoms with Crippen LogP contribution in [-0.2, 0) is 10.2 Å². The lowest BCUT2D eigenvalue weighted by atomic mass is 9.86. The molecule has 2 heterocycles. The van der Waals surface area contributed by atoms with E-state index in [-0.39, 0.29) is 11.3 Å². The Kier molecular flexibility index (Phi) is 7.02. The molecule has 180 valence electrons. The summed E-state index contributed by atoms with van der Waals surface area (Å²) in [5, 5.41) is 3.92. The van der Waals surface area contributed by atoms with Crippen LogP contribution >= 0.6 is 11.8 Å². The predicted molar refractivity (Wildman–Crippen MR) is 146 cm³/mol. The molecule has 2 aromatic carbocycles. The van der Waals surface area contributed by atoms with Crippen molar-refractivity contribution in [2.75, 3.05) is 31.2 Å². The summed E-state index contributed by atoms with van der Waals surface area (Å²) in [6.45, 7) is 12.7. The Bertz CT molecular complexity index is 1100. The monoisotopic (exact) mass is 476 g/mol. The molecule has 2 aliphatic rings. The minimum absolute atomic E-state index is 0.0237. The van der Waals surface area contributed by atoms with Gasteiger partial charge in [-0.3, -0.25) is 9.79 Å². The highest BCUT2D eigenvalue weighted by molar-refractivity contribution is 8.16. The van der Waals surface area contributed by atoms with Gasteiger partial charge in [0.15, 0.2) is 5.66 Å². The second kappa shape index (κ2) is 9.67. The average Bonchev–Trinajstić information content (AvgIpc) is 3.12. The molecule has 1 fully saturated rings. The minimum atomic E-state index is -0.392. The molecule has 0 aliphatic carbocycles. The number of amides is 1. The first-order chi connectivity index (χ1) is 16.0. The molecule has 0 bridgehead atoms. The van der Waals surface area contributed by atoms with Gasteiger partial charge in [0.05, 0.1) is 11.5 Å². The molecule has 1 spiro atoms. The molecule has 34 heavy (non-hydrogen) atoms. The Morgan fingerprint density at radius 2 is 1.65 bits per heavy atom. The van der Waals surface area contributed by atoms with E-state index in [1.54, 1.807) is 0 Å². The molecule has 1 amide bonds. The van der Waals surface area contributed by atoms with Gasteiger partial charge in [-0.05, 0) is 55.1 Å². The maximum Gasteiger partial charge on any atom is 0.234 e. The van der Waals surface area contributed by atoms with Gasteiger partial charge in [0.25, 0.3) is 0 Å². The van der Waals surface area contributed by atoms with Crippen molar-refractivity contribution in [3.63, 3.8) is 0 Å². The number of carbonyl (C=O) groups is 1. The summed E-state index contributed by atoms with van der Waals surface area (Å²) in [6.07, 6.45) is 1.82. The summed E-state index contributed by atoms with van der Waals surface area (Å²) in [7, 11) is 2.15. The van der Waals surface area contributed by atoms with Crippen LogP contribution in [0.1, 0.15) is 55.9 Å². The van der Waals surface area contributed by atoms with Crippen LogP contribution in [0, 0.1) is 13.8 Å². The van der Waals surface area contributed by atoms with E-state index in [2.05, 4.69) is 68.4 Å². The van der Waals surface area contributed by atoms with Crippen molar-refractivity contribution in [1.29, 1.82) is 0 Å². The average molecular weight is 477 g/mol. The molecular weight excluding hydrogens is 440 g/mol. The third-order valence-electron chi connectivity index (χ3n) is 6.49. The molecule has 0 radical (unpaired) electrons. The second-order valence-corrected chi connectivity index (χ2v) is 11.7. The van der Waals surface area contributed by atoms with E-state index >= 15 is 0 Å². The number of thioether (sulfide) groups is 1. The molecule has 0 aromatic heterocycles. The van der Waals surface area contributed by atoms with Crippen molar-refractivity contribution < 1.29 is 4.79 Å². The lowest BCUT2D eigenvalue weighted by Gasteiger charge is -2.33. The zero-order valence-corrected chi connectivity index (χ0v) is 22.1. The van der Waals surface area contributed by atoms with Gasteiger partial charge in [-0.25, -0.2) is 4.99 Å². The fourth-order valence-electron chi connectivity index (χ4n) is 4.52. The van der Waals surface area contributed by atoms with Gasteiger partial charge in [-0.2, -0.15) is 0 Å². The highest BCUT2D eigenvalue weighted by atomic mass is 32.2. The van der Waals surface area contributed by atoms with Crippen molar-refractivity contribution in [2.24, 2.45) is 9.98 Å². The van der Waals surface area contributed by atoms with Crippen molar-refractivity contribution >= 4 is 34.1 Å². The Hall–Kier alpha value is -2.44. The van der Waals surface area contributed by atoms with Gasteiger partial charge in [-0.1, -0.05) is 62.9 Å². The van der Waals surface area contributed by atoms with Crippen LogP contribution < -0.4 is 5.32 Å². The van der Waals surface area contributed by atoms with Gasteiger partial charge in [-0.15, -0.1) is 0 Å². The van der Waals surface area contributed by atoms with E-state index in [0.29, 0.717) is 5.75 Å². The van der Waals surface area contributed by atoms with Crippen LogP contribution in [0.15, 0.2) is 52.4 Å². The first-order valence-corrected chi connectivity index (χ1v) is 13.0. The van der Waals surface area contributed by atoms with Crippen LogP contribution in [0.25, 0.3) is 0 Å². The molecule has 5 nitrogen and oxygen atoms in total. The summed E-state index contributed by atoms with van der Waals surface area (Å²) in [6, 6.07) is 14.8. The van der Waals surface area contributed by atoms with Crippen molar-refractivity contribution in [3.8, 4) is 0 Å². The number of aryl methyl sites for hydroxylation is 2. The van der Waals surface area contributed by atoms with Crippen molar-refractivity contribution in [3.05, 3.63) is 64.7 Å². The molecule has 2 aromatic rings. The molecule has 4 rings (SSSR count). The second-order valence-electron chi connectivity index (χ2n) is 10.7. The smallest absolute Gasteiger partial charge is 0.234 e. The maximum absolute atomic E-state index is 12.8. The number of aliphatic imine (C=N–C) groups is 2. The first-order valence-electron chi connectivity index (χ1n) is 12.0. The predicted octanol–water partition coefficient (Wildman–Crippen LogP) is 5.60. The lowest BCUT2D eigenvalue weighted by Crippen LogP contribution is -2.39. The summed E-state index contributed by atoms with van der Waals surface area (Å²) < 4.78 is 0. The Labute approximate surface area is 208 Å². The zero-order valence-electron chi connectivity index (χ0n) is 21.2. The SMILES string of the molecule is Cc1cc(C)cc(NC(=O)CSC2=NC3(CCN(C)CC3)N=C2c2ccc(C(C)(C)C)cc2)c1. The first kappa shape index (κ1) is 24.7. The molecule has 1 saturated heterocycles. The van der Waals surface area contributed by atoms with Crippen molar-refractivity contribution in [2.45, 2.75) is 58.5 Å². The summed E-state index contributed by atoms with van der Waals surface area (Å²) in [5.74, 6) is 0.283. The number of hydrogen-bond donors (Lipinski definition) is 1. The number of piperidine rings is 1. The highest BCUT2D eigenvalue weighted by Crippen LogP contribution is 2.35. The van der Waals surface area contributed by atoms with Gasteiger partial charge in [0.1, 0.15) is 5.04 Å². The van der Waals surface area contributed by atoms with E-state index in [9.17, 15) is 4.79 Å². The van der Waals surface area contributed by atoms with E-state index in [1.807, 2.05) is 26.0 Å². The maximum atomic E-state index is 12.8. The summed E-state index contributed by atoms with van der Waals surface area (Å²) >= 11 is 1.49. The lowest BCUT2D eigenvalue weighted by molar-refractivity contribution is -0.113. The van der Waals surface area contributed by atoms with Crippen LogP contribution in [0.5, 0.6) is 0 Å². The fraction of sp³-hybridized carbons (Fsp3) is 0.464. The topological polar surface area (TPSA) is 57.1 Å². The summed E-state index contributed by atoms with van der Waals surface area (Å²) in [4.78, 5) is 25.4. The molecule has 0 atom stereocenters. The van der Waals surface area contributed by atoms with Crippen LogP contribution in [0.3, 0.4) is 0 Å². The van der Waals surface area contributed by atoms with Crippen LogP contribution in [0.4, 0.5) is 5.69 Å². The van der Waals surface area contributed by atoms with Crippen LogP contribution in [-0.4, -0.2) is 53.1 Å². The number of carbonyl (C=O) groups excluding carboxylic acids is 1. The molecule has 0 saturated carbocycles. The van der Waals surface area contributed by atoms with Gasteiger partial charge in [0, 0.05) is 37.2 Å². The Morgan fingerprint density at radius 1 is 1.03 bits per heavy atom. The largest absolute Gasteiger partial charge is 0.325 e. The molecular formula is C28H36N4OS. The van der Waals surface area contributed by atoms with E-state index < -0.39 is 5.66 Å². The number of anilines is 1. The van der Waals surface area contributed by atoms with Gasteiger partial charge in [0.2, 0.25) is 5.91 Å². The van der Waals surface area contributed by atoms with Crippen molar-refractivity contribution in [1.82, 2.24) is 4.90 Å². The van der Waals surface area contributed by atoms with E-state index in [0.717, 1.165) is 59.1 Å². The highest BCUT2D eigenvalue weighted by Gasteiger charge is 2.39. The van der Waals surface area contributed by atoms with Crippen LogP contribution in [0.2, 0.25) is 0 Å². The standard InChI is InChI=1S/C28H36N4OS/c1-19-15-20(2)17-23(16-19)29-24(33)18-34-26-25(21-7-9-22(10-8-21)27(3,4)5)30-28(31-26)11-13-32(6)14-12-28/h7-10,15-17H,11-14,18H2,1-6H3,(H,29,33). The Balaban J connectivity index is 1.53. The van der Waals surface area contributed by atoms with Gasteiger partial charge >= 0.3 is 0 Å². The van der Waals surface area contributed by atoms with E-state index in [1.165, 1.54) is 17.3 Å². The summed E-state index contributed by atoms with van der Waals surface area (Å²) in [5.41, 5.74) is 6.12. The zero-order chi connectivity index (χ0) is 24.5. The quantitative estimate of drug-likeness (QED) is 0.625. The molecule has 1 N–H and O–H groups in total.